The van der Waals surface area contributed by atoms with Crippen molar-refractivity contribution in [2.24, 2.45) is 0 Å². The Hall–Kier alpha value is -1.90. The summed E-state index contributed by atoms with van der Waals surface area (Å²) in [6, 6.07) is 9.63. The minimum atomic E-state index is -3.57. The number of anilines is 1. The lowest BCUT2D eigenvalue weighted by molar-refractivity contribution is 0.0949. The number of nitrogens with one attached hydrogen (secondary N) is 2. The van der Waals surface area contributed by atoms with E-state index in [2.05, 4.69) is 28.8 Å². The van der Waals surface area contributed by atoms with Gasteiger partial charge in [-0.3, -0.25) is 9.52 Å². The molecule has 0 aliphatic carbocycles. The molecule has 0 fully saturated rings. The van der Waals surface area contributed by atoms with Crippen LogP contribution in [-0.2, 0) is 10.0 Å². The van der Waals surface area contributed by atoms with Crippen molar-refractivity contribution < 1.29 is 13.2 Å². The molecule has 25 heavy (non-hydrogen) atoms. The Balaban J connectivity index is 1.92. The molecule has 2 N–H and O–H groups in total. The fourth-order valence-electron chi connectivity index (χ4n) is 2.28. The SMILES string of the molecule is CCN(CC)CCNC(=O)c1ccc(NS(=O)(=O)c2cccs2)cc1. The third kappa shape index (κ3) is 5.55. The van der Waals surface area contributed by atoms with Crippen molar-refractivity contribution in [2.75, 3.05) is 30.9 Å². The van der Waals surface area contributed by atoms with E-state index in [1.807, 2.05) is 0 Å². The molecule has 1 heterocycles. The van der Waals surface area contributed by atoms with Gasteiger partial charge in [0, 0.05) is 24.3 Å². The molecule has 1 aromatic heterocycles. The number of amides is 1. The molecule has 8 heteroatoms. The summed E-state index contributed by atoms with van der Waals surface area (Å²) in [4.78, 5) is 14.3. The molecule has 0 saturated heterocycles. The molecular formula is C17H23N3O3S2. The van der Waals surface area contributed by atoms with Gasteiger partial charge in [-0.15, -0.1) is 11.3 Å². The molecule has 136 valence electrons. The predicted molar refractivity (Wildman–Crippen MR) is 102 cm³/mol. The summed E-state index contributed by atoms with van der Waals surface area (Å²) in [5.74, 6) is -0.167. The van der Waals surface area contributed by atoms with Crippen LogP contribution in [0.1, 0.15) is 24.2 Å². The Kier molecular flexibility index (Phi) is 6.98. The Labute approximate surface area is 152 Å². The van der Waals surface area contributed by atoms with Gasteiger partial charge >= 0.3 is 0 Å². The lowest BCUT2D eigenvalue weighted by atomic mass is 10.2. The van der Waals surface area contributed by atoms with Gasteiger partial charge in [0.25, 0.3) is 15.9 Å². The van der Waals surface area contributed by atoms with E-state index in [1.165, 1.54) is 0 Å². The first-order chi connectivity index (χ1) is 12.0. The highest BCUT2D eigenvalue weighted by Crippen LogP contribution is 2.20. The van der Waals surface area contributed by atoms with Crippen molar-refractivity contribution in [3.8, 4) is 0 Å². The fourth-order valence-corrected chi connectivity index (χ4v) is 4.33. The number of hydrogen-bond acceptors (Lipinski definition) is 5. The van der Waals surface area contributed by atoms with Crippen molar-refractivity contribution in [3.63, 3.8) is 0 Å². The molecule has 0 radical (unpaired) electrons. The zero-order chi connectivity index (χ0) is 18.3. The van der Waals surface area contributed by atoms with Crippen LogP contribution in [-0.4, -0.2) is 45.4 Å². The van der Waals surface area contributed by atoms with Crippen molar-refractivity contribution in [1.29, 1.82) is 0 Å². The molecule has 0 aliphatic heterocycles. The fraction of sp³-hybridized carbons (Fsp3) is 0.353. The highest BCUT2D eigenvalue weighted by molar-refractivity contribution is 7.94. The summed E-state index contributed by atoms with van der Waals surface area (Å²) >= 11 is 1.15. The van der Waals surface area contributed by atoms with Crippen LogP contribution < -0.4 is 10.0 Å². The second kappa shape index (κ2) is 8.98. The number of nitrogens with zero attached hydrogens (tertiary/aromatic N) is 1. The summed E-state index contributed by atoms with van der Waals surface area (Å²) in [5.41, 5.74) is 0.923. The maximum Gasteiger partial charge on any atom is 0.271 e. The van der Waals surface area contributed by atoms with E-state index in [1.54, 1.807) is 41.8 Å². The number of benzene rings is 1. The summed E-state index contributed by atoms with van der Waals surface area (Å²) in [6.45, 7) is 7.45. The third-order valence-corrected chi connectivity index (χ3v) is 6.55. The minimum absolute atomic E-state index is 0.167. The molecule has 1 amide bonds. The van der Waals surface area contributed by atoms with E-state index in [0.29, 0.717) is 17.8 Å². The first kappa shape index (κ1) is 19.4. The van der Waals surface area contributed by atoms with E-state index >= 15 is 0 Å². The average molecular weight is 382 g/mol. The predicted octanol–water partition coefficient (Wildman–Crippen LogP) is 2.62. The van der Waals surface area contributed by atoms with Crippen LogP contribution in [0.3, 0.4) is 0 Å². The first-order valence-corrected chi connectivity index (χ1v) is 10.5. The maximum absolute atomic E-state index is 12.2. The summed E-state index contributed by atoms with van der Waals surface area (Å²) in [5, 5.41) is 4.58. The highest BCUT2D eigenvalue weighted by Gasteiger charge is 2.15. The summed E-state index contributed by atoms with van der Waals surface area (Å²) in [6.07, 6.45) is 0. The molecule has 2 aromatic rings. The largest absolute Gasteiger partial charge is 0.351 e. The van der Waals surface area contributed by atoms with Gasteiger partial charge in [-0.2, -0.15) is 0 Å². The first-order valence-electron chi connectivity index (χ1n) is 8.13. The molecule has 1 aromatic carbocycles. The van der Waals surface area contributed by atoms with Gasteiger partial charge in [0.1, 0.15) is 4.21 Å². The standard InChI is InChI=1S/C17H23N3O3S2/c1-3-20(4-2)12-11-18-17(21)14-7-9-15(10-8-14)19-25(22,23)16-6-5-13-24-16/h5-10,13,19H,3-4,11-12H2,1-2H3,(H,18,21). The quantitative estimate of drug-likeness (QED) is 0.700. The Bertz CT molecular complexity index is 768. The number of thiophene rings is 1. The van der Waals surface area contributed by atoms with Gasteiger partial charge in [-0.25, -0.2) is 8.42 Å². The number of carbonyl (C=O) groups is 1. The molecule has 0 bridgehead atoms. The summed E-state index contributed by atoms with van der Waals surface area (Å²) < 4.78 is 27.1. The van der Waals surface area contributed by atoms with Crippen LogP contribution in [0.15, 0.2) is 46.0 Å². The molecule has 0 spiro atoms. The topological polar surface area (TPSA) is 78.5 Å². The second-order valence-electron chi connectivity index (χ2n) is 5.40. The van der Waals surface area contributed by atoms with Crippen molar-refractivity contribution in [3.05, 3.63) is 47.3 Å². The van der Waals surface area contributed by atoms with E-state index < -0.39 is 10.0 Å². The molecule has 2 rings (SSSR count). The number of rotatable bonds is 9. The van der Waals surface area contributed by atoms with Crippen LogP contribution >= 0.6 is 11.3 Å². The Morgan fingerprint density at radius 1 is 1.12 bits per heavy atom. The zero-order valence-electron chi connectivity index (χ0n) is 14.4. The molecule has 0 aliphatic rings. The molecule has 0 saturated carbocycles. The van der Waals surface area contributed by atoms with Gasteiger partial charge < -0.3 is 10.2 Å². The number of likely N-dealkylation sites (N-methyl/N-ethyl adjacent to an activating group) is 1. The Morgan fingerprint density at radius 2 is 1.80 bits per heavy atom. The van der Waals surface area contributed by atoms with Gasteiger partial charge in [-0.05, 0) is 48.8 Å². The van der Waals surface area contributed by atoms with Gasteiger partial charge in [0.2, 0.25) is 0 Å². The smallest absolute Gasteiger partial charge is 0.271 e. The third-order valence-electron chi connectivity index (χ3n) is 3.77. The highest BCUT2D eigenvalue weighted by atomic mass is 32.2. The normalized spacial score (nSPS) is 11.5. The van der Waals surface area contributed by atoms with Gasteiger partial charge in [0.05, 0.1) is 0 Å². The molecule has 0 atom stereocenters. The zero-order valence-corrected chi connectivity index (χ0v) is 16.0. The van der Waals surface area contributed by atoms with Crippen LogP contribution in [0.5, 0.6) is 0 Å². The van der Waals surface area contributed by atoms with Crippen LogP contribution in [0.25, 0.3) is 0 Å². The van der Waals surface area contributed by atoms with E-state index in [-0.39, 0.29) is 10.1 Å². The van der Waals surface area contributed by atoms with E-state index in [9.17, 15) is 13.2 Å². The number of carbonyl (C=O) groups excluding carboxylic acids is 1. The maximum atomic E-state index is 12.2. The van der Waals surface area contributed by atoms with Crippen LogP contribution in [0.4, 0.5) is 5.69 Å². The monoisotopic (exact) mass is 381 g/mol. The lowest BCUT2D eigenvalue weighted by Gasteiger charge is -2.18. The molecule has 0 unspecified atom stereocenters. The van der Waals surface area contributed by atoms with E-state index in [0.717, 1.165) is 31.0 Å². The van der Waals surface area contributed by atoms with Gasteiger partial charge in [0.15, 0.2) is 0 Å². The minimum Gasteiger partial charge on any atom is -0.351 e. The van der Waals surface area contributed by atoms with E-state index in [4.69, 9.17) is 0 Å². The van der Waals surface area contributed by atoms with Crippen molar-refractivity contribution in [1.82, 2.24) is 10.2 Å². The van der Waals surface area contributed by atoms with Gasteiger partial charge in [-0.1, -0.05) is 19.9 Å². The van der Waals surface area contributed by atoms with Crippen molar-refractivity contribution >= 4 is 33.0 Å². The molecular weight excluding hydrogens is 358 g/mol. The average Bonchev–Trinajstić information content (AvgIpc) is 3.14. The molecule has 6 nitrogen and oxygen atoms in total. The number of sulfonamides is 1. The number of hydrogen-bond donors (Lipinski definition) is 2. The van der Waals surface area contributed by atoms with Crippen LogP contribution in [0.2, 0.25) is 0 Å². The lowest BCUT2D eigenvalue weighted by Crippen LogP contribution is -2.34. The summed E-state index contributed by atoms with van der Waals surface area (Å²) in [7, 11) is -3.57. The Morgan fingerprint density at radius 3 is 2.36 bits per heavy atom. The van der Waals surface area contributed by atoms with Crippen molar-refractivity contribution in [2.45, 2.75) is 18.1 Å². The van der Waals surface area contributed by atoms with Crippen LogP contribution in [0, 0.1) is 0 Å². The second-order valence-corrected chi connectivity index (χ2v) is 8.25.